The highest BCUT2D eigenvalue weighted by molar-refractivity contribution is 6.06. The van der Waals surface area contributed by atoms with E-state index in [1.165, 1.54) is 0 Å². The van der Waals surface area contributed by atoms with Gasteiger partial charge in [-0.25, -0.2) is 5.43 Å². The molecule has 3 aromatic carbocycles. The lowest BCUT2D eigenvalue weighted by Crippen LogP contribution is -2.33. The van der Waals surface area contributed by atoms with E-state index in [0.29, 0.717) is 22.8 Å². The third-order valence-electron chi connectivity index (χ3n) is 5.50. The minimum absolute atomic E-state index is 0.0720. The summed E-state index contributed by atoms with van der Waals surface area (Å²) in [5, 5.41) is 6.88. The lowest BCUT2D eigenvalue weighted by Gasteiger charge is -2.13. The molecule has 1 aliphatic heterocycles. The standard InChI is InChI=1S/C29H28N4O4/c1-20(9-10-22-13-16-26-27(18-22)37-19-36-26)31-32-29(35)25(30-28(34)23-7-5-4-6-8-23)17-21-11-14-24(15-12-21)33(2)3/h4-18H,19H2,1-3H3,(H,30,34)(H,32,35)/b10-9+,25-17-,31-20+. The van der Waals surface area contributed by atoms with E-state index in [4.69, 9.17) is 9.47 Å². The summed E-state index contributed by atoms with van der Waals surface area (Å²) in [7, 11) is 3.90. The average molecular weight is 497 g/mol. The minimum atomic E-state index is -0.545. The summed E-state index contributed by atoms with van der Waals surface area (Å²) < 4.78 is 10.7. The topological polar surface area (TPSA) is 92.3 Å². The summed E-state index contributed by atoms with van der Waals surface area (Å²) in [5.41, 5.74) is 6.29. The van der Waals surface area contributed by atoms with Crippen LogP contribution in [0.2, 0.25) is 0 Å². The second kappa shape index (κ2) is 11.7. The number of rotatable bonds is 8. The van der Waals surface area contributed by atoms with Gasteiger partial charge in [-0.1, -0.05) is 42.5 Å². The Labute approximate surface area is 215 Å². The first-order chi connectivity index (χ1) is 17.9. The molecule has 0 saturated carbocycles. The van der Waals surface area contributed by atoms with Crippen LogP contribution in [0.3, 0.4) is 0 Å². The Balaban J connectivity index is 1.49. The molecule has 0 unspecified atom stereocenters. The fourth-order valence-corrected chi connectivity index (χ4v) is 3.45. The molecule has 0 bridgehead atoms. The predicted molar refractivity (Wildman–Crippen MR) is 146 cm³/mol. The van der Waals surface area contributed by atoms with Crippen LogP contribution in [-0.2, 0) is 4.79 Å². The van der Waals surface area contributed by atoms with E-state index in [1.807, 2.05) is 73.6 Å². The van der Waals surface area contributed by atoms with Crippen molar-refractivity contribution in [1.29, 1.82) is 0 Å². The van der Waals surface area contributed by atoms with Crippen LogP contribution in [0.1, 0.15) is 28.4 Å². The van der Waals surface area contributed by atoms with Gasteiger partial charge in [0.1, 0.15) is 5.70 Å². The highest BCUT2D eigenvalue weighted by atomic mass is 16.7. The van der Waals surface area contributed by atoms with Crippen LogP contribution in [0, 0.1) is 0 Å². The number of benzene rings is 3. The lowest BCUT2D eigenvalue weighted by atomic mass is 10.1. The monoisotopic (exact) mass is 496 g/mol. The van der Waals surface area contributed by atoms with Crippen LogP contribution in [-0.4, -0.2) is 38.4 Å². The number of allylic oxidation sites excluding steroid dienone is 1. The maximum Gasteiger partial charge on any atom is 0.287 e. The van der Waals surface area contributed by atoms with Gasteiger partial charge in [0, 0.05) is 25.3 Å². The first-order valence-corrected chi connectivity index (χ1v) is 11.7. The van der Waals surface area contributed by atoms with Crippen molar-refractivity contribution in [2.75, 3.05) is 25.8 Å². The van der Waals surface area contributed by atoms with E-state index in [-0.39, 0.29) is 12.5 Å². The van der Waals surface area contributed by atoms with Gasteiger partial charge in [-0.15, -0.1) is 0 Å². The molecule has 4 rings (SSSR count). The minimum Gasteiger partial charge on any atom is -0.454 e. The number of ether oxygens (including phenoxy) is 2. The number of nitrogens with zero attached hydrogens (tertiary/aromatic N) is 2. The molecule has 188 valence electrons. The Morgan fingerprint density at radius 1 is 0.919 bits per heavy atom. The van der Waals surface area contributed by atoms with Gasteiger partial charge in [-0.3, -0.25) is 9.59 Å². The molecule has 0 fully saturated rings. The highest BCUT2D eigenvalue weighted by Crippen LogP contribution is 2.32. The van der Waals surface area contributed by atoms with Crippen LogP contribution < -0.4 is 25.1 Å². The van der Waals surface area contributed by atoms with Gasteiger partial charge in [-0.05, 0) is 66.6 Å². The Morgan fingerprint density at radius 2 is 1.62 bits per heavy atom. The Bertz CT molecular complexity index is 1360. The zero-order chi connectivity index (χ0) is 26.2. The Hall–Kier alpha value is -4.85. The Morgan fingerprint density at radius 3 is 2.35 bits per heavy atom. The first kappa shape index (κ1) is 25.2. The molecular weight excluding hydrogens is 468 g/mol. The van der Waals surface area contributed by atoms with Crippen molar-refractivity contribution in [2.45, 2.75) is 6.92 Å². The fraction of sp³-hybridized carbons (Fsp3) is 0.138. The summed E-state index contributed by atoms with van der Waals surface area (Å²) in [6, 6.07) is 21.9. The molecule has 1 aliphatic rings. The molecule has 8 nitrogen and oxygen atoms in total. The first-order valence-electron chi connectivity index (χ1n) is 11.7. The summed E-state index contributed by atoms with van der Waals surface area (Å²) in [5.74, 6) is 0.461. The van der Waals surface area contributed by atoms with Crippen LogP contribution in [0.25, 0.3) is 12.2 Å². The van der Waals surface area contributed by atoms with Crippen LogP contribution in [0.5, 0.6) is 11.5 Å². The van der Waals surface area contributed by atoms with Gasteiger partial charge in [0.25, 0.3) is 11.8 Å². The molecule has 1 heterocycles. The smallest absolute Gasteiger partial charge is 0.287 e. The predicted octanol–water partition coefficient (Wildman–Crippen LogP) is 4.46. The summed E-state index contributed by atoms with van der Waals surface area (Å²) in [4.78, 5) is 27.8. The summed E-state index contributed by atoms with van der Waals surface area (Å²) in [6.07, 6.45) is 5.24. The average Bonchev–Trinajstić information content (AvgIpc) is 3.39. The number of amides is 2. The fourth-order valence-electron chi connectivity index (χ4n) is 3.45. The van der Waals surface area contributed by atoms with Gasteiger partial charge in [0.05, 0.1) is 5.71 Å². The van der Waals surface area contributed by atoms with Crippen molar-refractivity contribution in [2.24, 2.45) is 5.10 Å². The van der Waals surface area contributed by atoms with Gasteiger partial charge < -0.3 is 19.7 Å². The van der Waals surface area contributed by atoms with E-state index in [0.717, 1.165) is 16.8 Å². The molecule has 2 amide bonds. The molecule has 0 radical (unpaired) electrons. The number of carbonyl (C=O) groups is 2. The molecule has 0 aromatic heterocycles. The third-order valence-corrected chi connectivity index (χ3v) is 5.50. The Kier molecular flexibility index (Phi) is 8.00. The molecule has 8 heteroatoms. The summed E-state index contributed by atoms with van der Waals surface area (Å²) in [6.45, 7) is 1.97. The summed E-state index contributed by atoms with van der Waals surface area (Å²) >= 11 is 0. The third kappa shape index (κ3) is 6.85. The number of carbonyl (C=O) groups excluding carboxylic acids is 2. The van der Waals surface area contributed by atoms with Crippen molar-refractivity contribution >= 4 is 35.4 Å². The van der Waals surface area contributed by atoms with Crippen molar-refractivity contribution in [3.63, 3.8) is 0 Å². The highest BCUT2D eigenvalue weighted by Gasteiger charge is 2.15. The second-order valence-corrected chi connectivity index (χ2v) is 8.50. The van der Waals surface area contributed by atoms with Crippen LogP contribution in [0.4, 0.5) is 5.69 Å². The van der Waals surface area contributed by atoms with Crippen molar-refractivity contribution in [1.82, 2.24) is 10.7 Å². The molecule has 0 spiro atoms. The van der Waals surface area contributed by atoms with Gasteiger partial charge in [-0.2, -0.15) is 5.10 Å². The molecule has 0 saturated heterocycles. The van der Waals surface area contributed by atoms with Crippen LogP contribution >= 0.6 is 0 Å². The van der Waals surface area contributed by atoms with Crippen molar-refractivity contribution < 1.29 is 19.1 Å². The van der Waals surface area contributed by atoms with Crippen molar-refractivity contribution in [3.8, 4) is 11.5 Å². The maximum atomic E-state index is 13.0. The largest absolute Gasteiger partial charge is 0.454 e. The van der Waals surface area contributed by atoms with Gasteiger partial charge in [0.15, 0.2) is 11.5 Å². The zero-order valence-electron chi connectivity index (χ0n) is 20.9. The lowest BCUT2D eigenvalue weighted by molar-refractivity contribution is -0.117. The molecule has 37 heavy (non-hydrogen) atoms. The van der Waals surface area contributed by atoms with E-state index in [1.54, 1.807) is 43.3 Å². The quantitative estimate of drug-likeness (QED) is 0.273. The van der Waals surface area contributed by atoms with Crippen molar-refractivity contribution in [3.05, 3.63) is 101 Å². The second-order valence-electron chi connectivity index (χ2n) is 8.50. The number of hydrogen-bond donors (Lipinski definition) is 2. The number of nitrogens with one attached hydrogen (secondary N) is 2. The molecular formula is C29H28N4O4. The van der Waals surface area contributed by atoms with E-state index >= 15 is 0 Å². The zero-order valence-corrected chi connectivity index (χ0v) is 20.9. The van der Waals surface area contributed by atoms with E-state index < -0.39 is 11.8 Å². The number of hydrogen-bond acceptors (Lipinski definition) is 6. The van der Waals surface area contributed by atoms with Gasteiger partial charge in [0.2, 0.25) is 6.79 Å². The van der Waals surface area contributed by atoms with Crippen LogP contribution in [0.15, 0.2) is 89.7 Å². The number of anilines is 1. The number of fused-ring (bicyclic) bond motifs is 1. The molecule has 2 N–H and O–H groups in total. The SMILES string of the molecule is CC(/C=C/c1ccc2c(c1)OCO2)=N\NC(=O)/C(=C/c1ccc(N(C)C)cc1)NC(=O)c1ccccc1. The van der Waals surface area contributed by atoms with Gasteiger partial charge >= 0.3 is 0 Å². The number of hydrazone groups is 1. The molecule has 0 aliphatic carbocycles. The van der Waals surface area contributed by atoms with E-state index in [9.17, 15) is 9.59 Å². The maximum absolute atomic E-state index is 13.0. The van der Waals surface area contributed by atoms with E-state index in [2.05, 4.69) is 15.8 Å². The normalized spacial score (nSPS) is 12.9. The molecule has 3 aromatic rings. The molecule has 0 atom stereocenters.